The monoisotopic (exact) mass is 680 g/mol. The number of ether oxygens (including phenoxy) is 2. The third-order valence-electron chi connectivity index (χ3n) is 7.36. The summed E-state index contributed by atoms with van der Waals surface area (Å²) in [6.45, 7) is 5.08. The molecular formula is C36H40N8O6. The van der Waals surface area contributed by atoms with Crippen molar-refractivity contribution in [1.82, 2.24) is 40.4 Å². The molecule has 2 aromatic carbocycles. The van der Waals surface area contributed by atoms with Crippen molar-refractivity contribution in [3.05, 3.63) is 83.0 Å². The number of benzene rings is 2. The highest BCUT2D eigenvalue weighted by molar-refractivity contribution is 5.93. The van der Waals surface area contributed by atoms with E-state index in [1.165, 1.54) is 14.2 Å². The van der Waals surface area contributed by atoms with Crippen LogP contribution in [0.2, 0.25) is 0 Å². The number of nitrogens with one attached hydrogen (secondary N) is 4. The molecule has 0 atom stereocenters. The van der Waals surface area contributed by atoms with Crippen LogP contribution in [-0.2, 0) is 32.2 Å². The SMILES string of the molecule is CCCN(Cc1ncc(C#Cc2cccc3c(C#Cc4cnc(CN(CCC)C(=O)CNC(=O)OC)[nH]4)cccc23)[nH]1)C(=O)CNC(=O)OC. The fourth-order valence-electron chi connectivity index (χ4n) is 4.96. The predicted octanol–water partition coefficient (Wildman–Crippen LogP) is 3.27. The van der Waals surface area contributed by atoms with Crippen LogP contribution < -0.4 is 10.6 Å². The standard InChI is InChI=1S/C36H40N8O6/c1-5-17-43(33(45)21-39-35(47)49-3)23-31-37-19-27(41-31)15-13-25-9-7-12-30-26(10-8-11-29(25)30)14-16-28-20-38-32(42-28)24-44(18-6-2)34(46)22-40-36(48)50-4/h7-12,19-20H,5-6,17-18,21-24H2,1-4H3,(H,37,41)(H,38,42)(H,39,47)(H,40,48). The normalized spacial score (nSPS) is 10.2. The second-order valence-electron chi connectivity index (χ2n) is 11.0. The Morgan fingerprint density at radius 1 is 0.680 bits per heavy atom. The molecule has 0 spiro atoms. The minimum absolute atomic E-state index is 0.171. The lowest BCUT2D eigenvalue weighted by Crippen LogP contribution is -2.40. The number of aromatic nitrogens is 4. The molecule has 4 rings (SSSR count). The summed E-state index contributed by atoms with van der Waals surface area (Å²) < 4.78 is 9.08. The Morgan fingerprint density at radius 3 is 1.48 bits per heavy atom. The van der Waals surface area contributed by atoms with E-state index in [0.717, 1.165) is 34.7 Å². The molecule has 0 bridgehead atoms. The van der Waals surface area contributed by atoms with Gasteiger partial charge in [0.25, 0.3) is 0 Å². The first-order valence-electron chi connectivity index (χ1n) is 16.1. The minimum Gasteiger partial charge on any atom is -0.453 e. The summed E-state index contributed by atoms with van der Waals surface area (Å²) in [5, 5.41) is 6.70. The van der Waals surface area contributed by atoms with Crippen molar-refractivity contribution >= 4 is 34.8 Å². The fourth-order valence-corrected chi connectivity index (χ4v) is 4.96. The van der Waals surface area contributed by atoms with Crippen molar-refractivity contribution in [1.29, 1.82) is 0 Å². The van der Waals surface area contributed by atoms with E-state index >= 15 is 0 Å². The van der Waals surface area contributed by atoms with Crippen LogP contribution >= 0.6 is 0 Å². The van der Waals surface area contributed by atoms with Gasteiger partial charge in [0.2, 0.25) is 11.8 Å². The van der Waals surface area contributed by atoms with Gasteiger partial charge in [-0.05, 0) is 47.6 Å². The summed E-state index contributed by atoms with van der Waals surface area (Å²) in [7, 11) is 2.48. The van der Waals surface area contributed by atoms with Gasteiger partial charge in [-0.1, -0.05) is 50.0 Å². The molecule has 0 saturated carbocycles. The van der Waals surface area contributed by atoms with E-state index in [4.69, 9.17) is 0 Å². The van der Waals surface area contributed by atoms with Gasteiger partial charge in [-0.15, -0.1) is 0 Å². The van der Waals surface area contributed by atoms with E-state index < -0.39 is 12.2 Å². The Balaban J connectivity index is 1.46. The highest BCUT2D eigenvalue weighted by Crippen LogP contribution is 2.22. The Kier molecular flexibility index (Phi) is 13.4. The summed E-state index contributed by atoms with van der Waals surface area (Å²) in [6.07, 6.45) is 3.40. The van der Waals surface area contributed by atoms with Gasteiger partial charge in [0.05, 0.1) is 39.7 Å². The quantitative estimate of drug-likeness (QED) is 0.165. The summed E-state index contributed by atoms with van der Waals surface area (Å²) >= 11 is 0. The Hall–Kier alpha value is -6.28. The molecule has 4 N–H and O–H groups in total. The number of carbonyl (C=O) groups excluding carboxylic acids is 4. The average molecular weight is 681 g/mol. The Labute approximate surface area is 290 Å². The predicted molar refractivity (Wildman–Crippen MR) is 185 cm³/mol. The molecule has 0 radical (unpaired) electrons. The lowest BCUT2D eigenvalue weighted by Gasteiger charge is -2.21. The number of carbonyl (C=O) groups is 4. The number of hydrogen-bond donors (Lipinski definition) is 4. The maximum atomic E-state index is 12.6. The van der Waals surface area contributed by atoms with E-state index in [-0.39, 0.29) is 38.0 Å². The molecule has 14 nitrogen and oxygen atoms in total. The van der Waals surface area contributed by atoms with Crippen molar-refractivity contribution in [3.63, 3.8) is 0 Å². The lowest BCUT2D eigenvalue weighted by molar-refractivity contribution is -0.131. The molecule has 0 aliphatic heterocycles. The van der Waals surface area contributed by atoms with Gasteiger partial charge >= 0.3 is 12.2 Å². The third-order valence-corrected chi connectivity index (χ3v) is 7.36. The van der Waals surface area contributed by atoms with Crippen LogP contribution in [0.3, 0.4) is 0 Å². The van der Waals surface area contributed by atoms with Gasteiger partial charge in [-0.3, -0.25) is 9.59 Å². The second kappa shape index (κ2) is 18.3. The van der Waals surface area contributed by atoms with Crippen LogP contribution in [0, 0.1) is 23.7 Å². The number of amides is 4. The maximum Gasteiger partial charge on any atom is 0.407 e. The zero-order valence-corrected chi connectivity index (χ0v) is 28.5. The highest BCUT2D eigenvalue weighted by atomic mass is 16.5. The topological polar surface area (TPSA) is 175 Å². The molecule has 0 aliphatic carbocycles. The molecule has 0 saturated heterocycles. The zero-order valence-electron chi connectivity index (χ0n) is 28.5. The second-order valence-corrected chi connectivity index (χ2v) is 11.0. The first-order valence-corrected chi connectivity index (χ1v) is 16.1. The molecule has 50 heavy (non-hydrogen) atoms. The van der Waals surface area contributed by atoms with Gasteiger partial charge in [-0.2, -0.15) is 0 Å². The number of H-pyrrole nitrogens is 2. The van der Waals surface area contributed by atoms with Crippen LogP contribution in [0.1, 0.15) is 60.9 Å². The van der Waals surface area contributed by atoms with Gasteiger partial charge in [0.1, 0.15) is 36.1 Å². The number of imidazole rings is 2. The van der Waals surface area contributed by atoms with Gasteiger partial charge < -0.3 is 39.9 Å². The fraction of sp³-hybridized carbons (Fsp3) is 0.333. The summed E-state index contributed by atoms with van der Waals surface area (Å²) in [4.78, 5) is 66.4. The van der Waals surface area contributed by atoms with Crippen LogP contribution in [0.4, 0.5) is 9.59 Å². The summed E-state index contributed by atoms with van der Waals surface area (Å²) in [5.41, 5.74) is 2.81. The summed E-state index contributed by atoms with van der Waals surface area (Å²) in [6, 6.07) is 11.7. The van der Waals surface area contributed by atoms with Crippen LogP contribution in [0.15, 0.2) is 48.8 Å². The van der Waals surface area contributed by atoms with E-state index in [0.29, 0.717) is 36.1 Å². The van der Waals surface area contributed by atoms with Crippen molar-refractivity contribution in [3.8, 4) is 23.7 Å². The number of aromatic amines is 2. The van der Waals surface area contributed by atoms with Gasteiger partial charge in [0, 0.05) is 24.2 Å². The van der Waals surface area contributed by atoms with E-state index in [1.807, 2.05) is 50.2 Å². The maximum absolute atomic E-state index is 12.6. The molecule has 4 aromatic rings. The zero-order chi connectivity index (χ0) is 35.9. The Bertz CT molecular complexity index is 1800. The molecule has 0 aliphatic rings. The van der Waals surface area contributed by atoms with E-state index in [2.05, 4.69) is 63.7 Å². The molecule has 2 heterocycles. The molecule has 0 unspecified atom stereocenters. The number of hydrogen-bond acceptors (Lipinski definition) is 8. The average Bonchev–Trinajstić information content (AvgIpc) is 3.79. The number of methoxy groups -OCH3 is 2. The lowest BCUT2D eigenvalue weighted by atomic mass is 10.0. The minimum atomic E-state index is -0.667. The summed E-state index contributed by atoms with van der Waals surface area (Å²) in [5.74, 6) is 13.4. The van der Waals surface area contributed by atoms with E-state index in [9.17, 15) is 19.2 Å². The van der Waals surface area contributed by atoms with Crippen molar-refractivity contribution in [2.75, 3.05) is 40.4 Å². The molecule has 0 fully saturated rings. The van der Waals surface area contributed by atoms with Gasteiger partial charge in [0.15, 0.2) is 0 Å². The molecule has 260 valence electrons. The molecule has 14 heteroatoms. The van der Waals surface area contributed by atoms with Gasteiger partial charge in [-0.25, -0.2) is 19.6 Å². The van der Waals surface area contributed by atoms with Crippen LogP contribution in [-0.4, -0.2) is 94.1 Å². The first kappa shape index (κ1) is 36.6. The smallest absolute Gasteiger partial charge is 0.407 e. The molecule has 4 amide bonds. The number of fused-ring (bicyclic) bond motifs is 1. The molecular weight excluding hydrogens is 640 g/mol. The van der Waals surface area contributed by atoms with Crippen molar-refractivity contribution < 1.29 is 28.7 Å². The Morgan fingerprint density at radius 2 is 1.10 bits per heavy atom. The number of rotatable bonds is 12. The van der Waals surface area contributed by atoms with Crippen LogP contribution in [0.25, 0.3) is 10.8 Å². The highest BCUT2D eigenvalue weighted by Gasteiger charge is 2.17. The molecule has 2 aromatic heterocycles. The number of alkyl carbamates (subject to hydrolysis) is 2. The first-order chi connectivity index (χ1) is 24.2. The third kappa shape index (κ3) is 10.4. The van der Waals surface area contributed by atoms with E-state index in [1.54, 1.807) is 22.2 Å². The van der Waals surface area contributed by atoms with Crippen LogP contribution in [0.5, 0.6) is 0 Å². The van der Waals surface area contributed by atoms with Crippen molar-refractivity contribution in [2.24, 2.45) is 0 Å². The van der Waals surface area contributed by atoms with Crippen molar-refractivity contribution in [2.45, 2.75) is 39.8 Å². The number of nitrogens with zero attached hydrogens (tertiary/aromatic N) is 4. The largest absolute Gasteiger partial charge is 0.453 e.